The molecule has 0 spiro atoms. The summed E-state index contributed by atoms with van der Waals surface area (Å²) in [5.41, 5.74) is -1.10. The van der Waals surface area contributed by atoms with Gasteiger partial charge >= 0.3 is 5.97 Å². The molecule has 1 aliphatic rings. The predicted octanol–water partition coefficient (Wildman–Crippen LogP) is 1.04. The first-order valence-corrected chi connectivity index (χ1v) is 4.59. The summed E-state index contributed by atoms with van der Waals surface area (Å²) in [6.07, 6.45) is -2.16. The lowest BCUT2D eigenvalue weighted by molar-refractivity contribution is -0.161. The Bertz CT molecular complexity index is 223. The van der Waals surface area contributed by atoms with Gasteiger partial charge in [0.15, 0.2) is 0 Å². The van der Waals surface area contributed by atoms with Crippen LogP contribution in [0.1, 0.15) is 13.3 Å². The van der Waals surface area contributed by atoms with Crippen LogP contribution in [0.25, 0.3) is 0 Å². The van der Waals surface area contributed by atoms with Crippen molar-refractivity contribution in [2.45, 2.75) is 19.8 Å². The van der Waals surface area contributed by atoms with Crippen molar-refractivity contribution >= 4 is 5.97 Å². The summed E-state index contributed by atoms with van der Waals surface area (Å²) in [6.45, 7) is 2.32. The number of esters is 1. The molecule has 1 N–H and O–H groups in total. The first kappa shape index (κ1) is 11.4. The van der Waals surface area contributed by atoms with Gasteiger partial charge in [0.2, 0.25) is 6.43 Å². The Morgan fingerprint density at radius 1 is 1.64 bits per heavy atom. The average Bonchev–Trinajstić information content (AvgIpc) is 2.16. The molecule has 0 saturated carbocycles. The van der Waals surface area contributed by atoms with Crippen molar-refractivity contribution in [2.24, 2.45) is 11.3 Å². The van der Waals surface area contributed by atoms with E-state index in [0.717, 1.165) is 0 Å². The van der Waals surface area contributed by atoms with Crippen LogP contribution in [0, 0.1) is 11.3 Å². The van der Waals surface area contributed by atoms with E-state index in [2.05, 4.69) is 10.1 Å². The Morgan fingerprint density at radius 2 is 2.29 bits per heavy atom. The molecule has 0 bridgehead atoms. The topological polar surface area (TPSA) is 38.3 Å². The number of hydrogen-bond donors (Lipinski definition) is 1. The zero-order chi connectivity index (χ0) is 10.8. The molecule has 0 aromatic carbocycles. The van der Waals surface area contributed by atoms with E-state index in [-0.39, 0.29) is 6.54 Å². The Hall–Kier alpha value is -0.710. The highest BCUT2D eigenvalue weighted by molar-refractivity contribution is 5.77. The number of carbonyl (C=O) groups excluding carboxylic acids is 1. The van der Waals surface area contributed by atoms with Crippen molar-refractivity contribution in [3.05, 3.63) is 0 Å². The number of methoxy groups -OCH3 is 1. The van der Waals surface area contributed by atoms with Crippen molar-refractivity contribution in [2.75, 3.05) is 20.2 Å². The molecule has 1 saturated heterocycles. The molecule has 0 amide bonds. The van der Waals surface area contributed by atoms with Crippen molar-refractivity contribution in [3.8, 4) is 0 Å². The molecule has 0 unspecified atom stereocenters. The monoisotopic (exact) mass is 207 g/mol. The van der Waals surface area contributed by atoms with Gasteiger partial charge in [0.05, 0.1) is 12.5 Å². The fourth-order valence-electron chi connectivity index (χ4n) is 1.92. The molecule has 82 valence electrons. The maximum Gasteiger partial charge on any atom is 0.313 e. The molecule has 3 nitrogen and oxygen atoms in total. The molecule has 0 aromatic rings. The fraction of sp³-hybridized carbons (Fsp3) is 0.889. The molecular formula is C9H15F2NO2. The van der Waals surface area contributed by atoms with E-state index in [1.165, 1.54) is 14.0 Å². The van der Waals surface area contributed by atoms with Gasteiger partial charge in [0.1, 0.15) is 0 Å². The van der Waals surface area contributed by atoms with E-state index < -0.39 is 23.7 Å². The number of ether oxygens (including phenoxy) is 1. The predicted molar refractivity (Wildman–Crippen MR) is 47.1 cm³/mol. The van der Waals surface area contributed by atoms with Gasteiger partial charge in [-0.05, 0) is 19.9 Å². The Balaban J connectivity index is 2.84. The van der Waals surface area contributed by atoms with Gasteiger partial charge in [-0.25, -0.2) is 8.78 Å². The van der Waals surface area contributed by atoms with Crippen LogP contribution in [0.5, 0.6) is 0 Å². The molecule has 1 heterocycles. The highest BCUT2D eigenvalue weighted by Gasteiger charge is 2.48. The van der Waals surface area contributed by atoms with E-state index >= 15 is 0 Å². The Kier molecular flexibility index (Phi) is 3.42. The molecule has 1 aliphatic heterocycles. The fourth-order valence-corrected chi connectivity index (χ4v) is 1.92. The van der Waals surface area contributed by atoms with Crippen molar-refractivity contribution < 1.29 is 18.3 Å². The SMILES string of the molecule is COC(=O)[C@]1(C)CNCC[C@@H]1C(F)F. The molecule has 0 aromatic heterocycles. The van der Waals surface area contributed by atoms with E-state index in [4.69, 9.17) is 0 Å². The lowest BCUT2D eigenvalue weighted by Gasteiger charge is -2.38. The van der Waals surface area contributed by atoms with Gasteiger partial charge in [0.25, 0.3) is 0 Å². The number of nitrogens with one attached hydrogen (secondary N) is 1. The van der Waals surface area contributed by atoms with Crippen molar-refractivity contribution in [1.29, 1.82) is 0 Å². The molecule has 2 atom stereocenters. The highest BCUT2D eigenvalue weighted by atomic mass is 19.3. The van der Waals surface area contributed by atoms with Gasteiger partial charge in [-0.3, -0.25) is 4.79 Å². The lowest BCUT2D eigenvalue weighted by Crippen LogP contribution is -2.52. The summed E-state index contributed by atoms with van der Waals surface area (Å²) in [4.78, 5) is 11.4. The Morgan fingerprint density at radius 3 is 2.79 bits per heavy atom. The molecular weight excluding hydrogens is 192 g/mol. The van der Waals surface area contributed by atoms with Gasteiger partial charge in [-0.2, -0.15) is 0 Å². The van der Waals surface area contributed by atoms with Crippen LogP contribution in [0.3, 0.4) is 0 Å². The first-order chi connectivity index (χ1) is 6.52. The minimum absolute atomic E-state index is 0.259. The smallest absolute Gasteiger partial charge is 0.313 e. The van der Waals surface area contributed by atoms with E-state index in [9.17, 15) is 13.6 Å². The molecule has 14 heavy (non-hydrogen) atoms. The summed E-state index contributed by atoms with van der Waals surface area (Å²) >= 11 is 0. The second-order valence-corrected chi connectivity index (χ2v) is 3.82. The van der Waals surface area contributed by atoms with Crippen LogP contribution in [0.15, 0.2) is 0 Å². The van der Waals surface area contributed by atoms with Crippen molar-refractivity contribution in [3.63, 3.8) is 0 Å². The average molecular weight is 207 g/mol. The van der Waals surface area contributed by atoms with Gasteiger partial charge in [0, 0.05) is 12.5 Å². The third-order valence-electron chi connectivity index (χ3n) is 2.90. The van der Waals surface area contributed by atoms with E-state index in [1.807, 2.05) is 0 Å². The second kappa shape index (κ2) is 4.21. The minimum Gasteiger partial charge on any atom is -0.469 e. The molecule has 1 fully saturated rings. The van der Waals surface area contributed by atoms with Crippen LogP contribution in [0.4, 0.5) is 8.78 Å². The van der Waals surface area contributed by atoms with Crippen LogP contribution >= 0.6 is 0 Å². The maximum atomic E-state index is 12.7. The molecule has 5 heteroatoms. The van der Waals surface area contributed by atoms with Crippen LogP contribution in [0.2, 0.25) is 0 Å². The van der Waals surface area contributed by atoms with Crippen LogP contribution < -0.4 is 5.32 Å². The van der Waals surface area contributed by atoms with Crippen molar-refractivity contribution in [1.82, 2.24) is 5.32 Å². The number of halogens is 2. The summed E-state index contributed by atoms with van der Waals surface area (Å²) in [7, 11) is 1.23. The van der Waals surface area contributed by atoms with Gasteiger partial charge in [-0.1, -0.05) is 0 Å². The normalized spacial score (nSPS) is 33.1. The second-order valence-electron chi connectivity index (χ2n) is 3.82. The number of rotatable bonds is 2. The van der Waals surface area contributed by atoms with E-state index in [0.29, 0.717) is 13.0 Å². The maximum absolute atomic E-state index is 12.7. The minimum atomic E-state index is -2.47. The largest absolute Gasteiger partial charge is 0.469 e. The van der Waals surface area contributed by atoms with Gasteiger partial charge in [-0.15, -0.1) is 0 Å². The van der Waals surface area contributed by atoms with Gasteiger partial charge < -0.3 is 10.1 Å². The quantitative estimate of drug-likeness (QED) is 0.687. The summed E-state index contributed by atoms with van der Waals surface area (Å²) in [5.74, 6) is -1.47. The third kappa shape index (κ3) is 1.87. The number of alkyl halides is 2. The number of piperidine rings is 1. The number of carbonyl (C=O) groups is 1. The van der Waals surface area contributed by atoms with E-state index in [1.54, 1.807) is 0 Å². The summed E-state index contributed by atoms with van der Waals surface area (Å²) in [6, 6.07) is 0. The molecule has 0 aliphatic carbocycles. The summed E-state index contributed by atoms with van der Waals surface area (Å²) < 4.78 is 29.9. The summed E-state index contributed by atoms with van der Waals surface area (Å²) in [5, 5.41) is 2.94. The highest BCUT2D eigenvalue weighted by Crippen LogP contribution is 2.37. The molecule has 0 radical (unpaired) electrons. The lowest BCUT2D eigenvalue weighted by atomic mass is 9.73. The zero-order valence-electron chi connectivity index (χ0n) is 8.35. The zero-order valence-corrected chi connectivity index (χ0v) is 8.35. The van der Waals surface area contributed by atoms with Crippen LogP contribution in [-0.4, -0.2) is 32.6 Å². The number of hydrogen-bond acceptors (Lipinski definition) is 3. The van der Waals surface area contributed by atoms with Crippen LogP contribution in [-0.2, 0) is 9.53 Å². The first-order valence-electron chi connectivity index (χ1n) is 4.59. The standard InChI is InChI=1S/C9H15F2NO2/c1-9(8(13)14-2)5-12-4-3-6(9)7(10)11/h6-7,12H,3-5H2,1-2H3/t6-,9-/m1/s1. The third-order valence-corrected chi connectivity index (χ3v) is 2.90. The Labute approximate surface area is 81.8 Å². The molecule has 1 rings (SSSR count).